The molecule has 1 aromatic heterocycles. The smallest absolute Gasteiger partial charge is 0.147 e. The number of nitrogens with zero attached hydrogens (tertiary/aromatic N) is 4. The molecule has 0 radical (unpaired) electrons. The number of aromatic nitrogens is 3. The zero-order valence-electron chi connectivity index (χ0n) is 13.2. The van der Waals surface area contributed by atoms with Gasteiger partial charge in [0.25, 0.3) is 0 Å². The fourth-order valence-corrected chi connectivity index (χ4v) is 4.47. The molecular weight excluding hydrogens is 280 g/mol. The van der Waals surface area contributed by atoms with Crippen molar-refractivity contribution in [2.75, 3.05) is 13.3 Å². The van der Waals surface area contributed by atoms with Crippen molar-refractivity contribution in [3.8, 4) is 0 Å². The summed E-state index contributed by atoms with van der Waals surface area (Å²) in [5.41, 5.74) is 0. The molecule has 0 N–H and O–H groups in total. The van der Waals surface area contributed by atoms with Crippen LogP contribution in [0.3, 0.4) is 0 Å². The van der Waals surface area contributed by atoms with E-state index in [4.69, 9.17) is 0 Å². The highest BCUT2D eigenvalue weighted by Crippen LogP contribution is 2.45. The summed E-state index contributed by atoms with van der Waals surface area (Å²) in [4.78, 5) is 2.52. The van der Waals surface area contributed by atoms with E-state index in [1.165, 1.54) is 56.6 Å². The largest absolute Gasteiger partial charge is 0.311 e. The molecule has 0 aromatic carbocycles. The van der Waals surface area contributed by atoms with Gasteiger partial charge in [-0.1, -0.05) is 0 Å². The summed E-state index contributed by atoms with van der Waals surface area (Å²) < 4.78 is 2.50. The van der Waals surface area contributed by atoms with Crippen molar-refractivity contribution in [1.29, 1.82) is 0 Å². The quantitative estimate of drug-likeness (QED) is 0.808. The second-order valence-corrected chi connectivity index (χ2v) is 8.23. The van der Waals surface area contributed by atoms with E-state index < -0.39 is 0 Å². The first kappa shape index (κ1) is 14.1. The molecule has 0 saturated heterocycles. The first-order valence-corrected chi connectivity index (χ1v) is 9.71. The van der Waals surface area contributed by atoms with E-state index in [1.54, 1.807) is 0 Å². The van der Waals surface area contributed by atoms with Crippen LogP contribution in [0.1, 0.15) is 68.6 Å². The zero-order valence-corrected chi connectivity index (χ0v) is 14.0. The SMILES string of the molecule is CS[C@H]1CC[C@H](N(C)Cc2nnc(C3CC3)n2C2CC2)C1. The van der Waals surface area contributed by atoms with Crippen LogP contribution in [-0.4, -0.2) is 44.3 Å². The van der Waals surface area contributed by atoms with Crippen LogP contribution in [0.15, 0.2) is 0 Å². The maximum absolute atomic E-state index is 4.56. The third-order valence-electron chi connectivity index (χ3n) is 5.35. The Bertz CT molecular complexity index is 506. The number of hydrogen-bond donors (Lipinski definition) is 0. The Balaban J connectivity index is 1.46. The molecule has 0 amide bonds. The predicted octanol–water partition coefficient (Wildman–Crippen LogP) is 3.21. The van der Waals surface area contributed by atoms with E-state index in [0.29, 0.717) is 12.0 Å². The Kier molecular flexibility index (Phi) is 3.74. The van der Waals surface area contributed by atoms with Crippen molar-refractivity contribution in [1.82, 2.24) is 19.7 Å². The average molecular weight is 306 g/mol. The number of thioether (sulfide) groups is 1. The molecule has 116 valence electrons. The van der Waals surface area contributed by atoms with Crippen LogP contribution in [0.4, 0.5) is 0 Å². The normalized spacial score (nSPS) is 29.5. The molecular formula is C16H26N4S. The van der Waals surface area contributed by atoms with Crippen molar-refractivity contribution >= 4 is 11.8 Å². The van der Waals surface area contributed by atoms with Crippen LogP contribution in [0.25, 0.3) is 0 Å². The lowest BCUT2D eigenvalue weighted by Crippen LogP contribution is -2.30. The third-order valence-corrected chi connectivity index (χ3v) is 6.45. The molecule has 3 fully saturated rings. The fourth-order valence-electron chi connectivity index (χ4n) is 3.68. The van der Waals surface area contributed by atoms with Gasteiger partial charge in [-0.2, -0.15) is 11.8 Å². The molecule has 21 heavy (non-hydrogen) atoms. The van der Waals surface area contributed by atoms with Crippen LogP contribution in [-0.2, 0) is 6.54 Å². The fraction of sp³-hybridized carbons (Fsp3) is 0.875. The third kappa shape index (κ3) is 2.87. The first-order valence-electron chi connectivity index (χ1n) is 8.43. The highest BCUT2D eigenvalue weighted by molar-refractivity contribution is 7.99. The van der Waals surface area contributed by atoms with Crippen LogP contribution < -0.4 is 0 Å². The van der Waals surface area contributed by atoms with E-state index in [2.05, 4.69) is 33.0 Å². The van der Waals surface area contributed by atoms with Gasteiger partial charge in [0.05, 0.1) is 6.54 Å². The Hall–Kier alpha value is -0.550. The van der Waals surface area contributed by atoms with Crippen LogP contribution in [0.2, 0.25) is 0 Å². The minimum absolute atomic E-state index is 0.710. The van der Waals surface area contributed by atoms with Crippen molar-refractivity contribution in [3.05, 3.63) is 11.6 Å². The van der Waals surface area contributed by atoms with E-state index in [1.807, 2.05) is 11.8 Å². The molecule has 1 aromatic rings. The van der Waals surface area contributed by atoms with Gasteiger partial charge in [0.1, 0.15) is 11.6 Å². The number of rotatable bonds is 6. The van der Waals surface area contributed by atoms with Crippen molar-refractivity contribution in [3.63, 3.8) is 0 Å². The van der Waals surface area contributed by atoms with E-state index in [9.17, 15) is 0 Å². The Morgan fingerprint density at radius 3 is 2.57 bits per heavy atom. The maximum Gasteiger partial charge on any atom is 0.147 e. The standard InChI is InChI=1S/C16H26N4S/c1-19(13-7-8-14(9-13)21-2)10-15-17-18-16(11-3-4-11)20(15)12-5-6-12/h11-14H,3-10H2,1-2H3/t13-,14-/m0/s1. The molecule has 0 unspecified atom stereocenters. The predicted molar refractivity (Wildman–Crippen MR) is 86.7 cm³/mol. The molecule has 0 aliphatic heterocycles. The highest BCUT2D eigenvalue weighted by atomic mass is 32.2. The van der Waals surface area contributed by atoms with Gasteiger partial charge >= 0.3 is 0 Å². The van der Waals surface area contributed by atoms with Gasteiger partial charge in [0, 0.05) is 23.3 Å². The van der Waals surface area contributed by atoms with Crippen LogP contribution >= 0.6 is 11.8 Å². The molecule has 5 heteroatoms. The minimum atomic E-state index is 0.710. The van der Waals surface area contributed by atoms with Gasteiger partial charge in [0.15, 0.2) is 0 Å². The summed E-state index contributed by atoms with van der Waals surface area (Å²) in [5, 5.41) is 9.95. The Morgan fingerprint density at radius 1 is 1.14 bits per heavy atom. The first-order chi connectivity index (χ1) is 10.3. The summed E-state index contributed by atoms with van der Waals surface area (Å²) in [7, 11) is 2.27. The minimum Gasteiger partial charge on any atom is -0.311 e. The van der Waals surface area contributed by atoms with Gasteiger partial charge in [-0.05, 0) is 58.2 Å². The second kappa shape index (κ2) is 5.58. The number of hydrogen-bond acceptors (Lipinski definition) is 4. The second-order valence-electron chi connectivity index (χ2n) is 7.09. The summed E-state index contributed by atoms with van der Waals surface area (Å²) in [6.45, 7) is 0.974. The van der Waals surface area contributed by atoms with Gasteiger partial charge in [-0.15, -0.1) is 10.2 Å². The topological polar surface area (TPSA) is 34.0 Å². The molecule has 0 bridgehead atoms. The molecule has 2 atom stereocenters. The van der Waals surface area contributed by atoms with Gasteiger partial charge in [-0.25, -0.2) is 0 Å². The van der Waals surface area contributed by atoms with Gasteiger partial charge in [0.2, 0.25) is 0 Å². The van der Waals surface area contributed by atoms with Crippen LogP contribution in [0, 0.1) is 0 Å². The average Bonchev–Trinajstić information content (AvgIpc) is 3.42. The molecule has 3 aliphatic rings. The summed E-state index contributed by atoms with van der Waals surface area (Å²) in [6, 6.07) is 1.44. The molecule has 1 heterocycles. The summed E-state index contributed by atoms with van der Waals surface area (Å²) in [5.74, 6) is 3.22. The van der Waals surface area contributed by atoms with E-state index in [0.717, 1.165) is 17.8 Å². The van der Waals surface area contributed by atoms with Gasteiger partial charge < -0.3 is 4.57 Å². The Labute approximate surface area is 131 Å². The summed E-state index contributed by atoms with van der Waals surface area (Å²) >= 11 is 2.03. The lowest BCUT2D eigenvalue weighted by molar-refractivity contribution is 0.228. The van der Waals surface area contributed by atoms with Crippen molar-refractivity contribution in [2.24, 2.45) is 0 Å². The Morgan fingerprint density at radius 2 is 1.95 bits per heavy atom. The van der Waals surface area contributed by atoms with Crippen molar-refractivity contribution < 1.29 is 0 Å². The van der Waals surface area contributed by atoms with Crippen LogP contribution in [0.5, 0.6) is 0 Å². The molecule has 0 spiro atoms. The molecule has 3 saturated carbocycles. The maximum atomic E-state index is 4.56. The molecule has 4 nitrogen and oxygen atoms in total. The molecule has 3 aliphatic carbocycles. The van der Waals surface area contributed by atoms with E-state index >= 15 is 0 Å². The monoisotopic (exact) mass is 306 g/mol. The van der Waals surface area contributed by atoms with E-state index in [-0.39, 0.29) is 0 Å². The lowest BCUT2D eigenvalue weighted by atomic mass is 10.2. The highest BCUT2D eigenvalue weighted by Gasteiger charge is 2.37. The van der Waals surface area contributed by atoms with Crippen molar-refractivity contribution in [2.45, 2.75) is 74.7 Å². The van der Waals surface area contributed by atoms with Gasteiger partial charge in [-0.3, -0.25) is 4.90 Å². The zero-order chi connectivity index (χ0) is 14.4. The molecule has 4 rings (SSSR count). The summed E-state index contributed by atoms with van der Waals surface area (Å²) in [6.07, 6.45) is 11.6. The lowest BCUT2D eigenvalue weighted by Gasteiger charge is -2.24.